The van der Waals surface area contributed by atoms with Gasteiger partial charge in [0.25, 0.3) is 0 Å². The molecule has 2 fully saturated rings. The van der Waals surface area contributed by atoms with E-state index in [1.807, 2.05) is 24.3 Å². The Hall–Kier alpha value is -2.54. The molecular weight excluding hydrogens is 390 g/mol. The van der Waals surface area contributed by atoms with E-state index in [-0.39, 0.29) is 11.9 Å². The second kappa shape index (κ2) is 8.45. The van der Waals surface area contributed by atoms with E-state index in [9.17, 15) is 9.59 Å². The molecule has 0 radical (unpaired) electrons. The molecule has 7 nitrogen and oxygen atoms in total. The Labute approximate surface area is 175 Å². The number of nitrogens with one attached hydrogen (secondary N) is 1. The molecule has 8 heteroatoms. The minimum Gasteiger partial charge on any atom is -0.367 e. The van der Waals surface area contributed by atoms with Gasteiger partial charge in [0.15, 0.2) is 0 Å². The molecule has 0 saturated carbocycles. The highest BCUT2D eigenvalue weighted by Crippen LogP contribution is 2.28. The van der Waals surface area contributed by atoms with Crippen molar-refractivity contribution in [3.05, 3.63) is 35.5 Å². The summed E-state index contributed by atoms with van der Waals surface area (Å²) < 4.78 is 0. The van der Waals surface area contributed by atoms with Crippen molar-refractivity contribution in [2.24, 2.45) is 0 Å². The van der Waals surface area contributed by atoms with Crippen LogP contribution in [0.3, 0.4) is 0 Å². The average molecular weight is 416 g/mol. The van der Waals surface area contributed by atoms with Crippen molar-refractivity contribution in [1.82, 2.24) is 20.1 Å². The van der Waals surface area contributed by atoms with Gasteiger partial charge in [0.1, 0.15) is 6.04 Å². The molecule has 2 saturated heterocycles. The zero-order chi connectivity index (χ0) is 20.4. The Balaban J connectivity index is 1.39. The molecule has 0 unspecified atom stereocenters. The first-order valence-electron chi connectivity index (χ1n) is 10.1. The lowest BCUT2D eigenvalue weighted by Crippen LogP contribution is -2.55. The summed E-state index contributed by atoms with van der Waals surface area (Å²) in [7, 11) is 1.80. The third-order valence-corrected chi connectivity index (χ3v) is 6.03. The molecule has 1 atom stereocenters. The van der Waals surface area contributed by atoms with Crippen LogP contribution in [-0.2, 0) is 4.79 Å². The number of likely N-dealkylation sites (tertiary alicyclic amines) is 1. The number of nitrogens with zero attached hydrogens (tertiary/aromatic N) is 4. The van der Waals surface area contributed by atoms with Gasteiger partial charge in [0.05, 0.1) is 5.52 Å². The van der Waals surface area contributed by atoms with Crippen LogP contribution in [0.25, 0.3) is 10.9 Å². The quantitative estimate of drug-likeness (QED) is 0.818. The lowest BCUT2D eigenvalue weighted by Gasteiger charge is -2.37. The van der Waals surface area contributed by atoms with Gasteiger partial charge in [-0.3, -0.25) is 9.78 Å². The molecule has 2 aliphatic heterocycles. The van der Waals surface area contributed by atoms with Crippen molar-refractivity contribution in [2.45, 2.75) is 25.3 Å². The van der Waals surface area contributed by atoms with E-state index >= 15 is 0 Å². The molecule has 0 aliphatic carbocycles. The van der Waals surface area contributed by atoms with Crippen LogP contribution in [0.1, 0.15) is 19.3 Å². The summed E-state index contributed by atoms with van der Waals surface area (Å²) in [6.07, 6.45) is 4.44. The summed E-state index contributed by atoms with van der Waals surface area (Å²) in [6, 6.07) is 7.18. The lowest BCUT2D eigenvalue weighted by molar-refractivity contribution is -0.131. The topological polar surface area (TPSA) is 68.8 Å². The number of benzene rings is 1. The third-order valence-electron chi connectivity index (χ3n) is 5.80. The number of rotatable bonds is 2. The van der Waals surface area contributed by atoms with Crippen molar-refractivity contribution in [1.29, 1.82) is 0 Å². The molecule has 0 spiro atoms. The number of carbonyl (C=O) groups is 2. The maximum atomic E-state index is 12.7. The highest BCUT2D eigenvalue weighted by Gasteiger charge is 2.29. The van der Waals surface area contributed by atoms with Gasteiger partial charge in [-0.2, -0.15) is 0 Å². The largest absolute Gasteiger partial charge is 0.367 e. The van der Waals surface area contributed by atoms with E-state index in [1.165, 1.54) is 0 Å². The van der Waals surface area contributed by atoms with Gasteiger partial charge in [-0.15, -0.1) is 0 Å². The Morgan fingerprint density at radius 1 is 1.14 bits per heavy atom. The molecule has 2 aromatic rings. The van der Waals surface area contributed by atoms with Crippen molar-refractivity contribution < 1.29 is 9.59 Å². The third kappa shape index (κ3) is 4.24. The second-order valence-corrected chi connectivity index (χ2v) is 8.16. The Morgan fingerprint density at radius 3 is 2.72 bits per heavy atom. The highest BCUT2D eigenvalue weighted by molar-refractivity contribution is 6.31. The van der Waals surface area contributed by atoms with E-state index in [2.05, 4.69) is 15.2 Å². The highest BCUT2D eigenvalue weighted by atomic mass is 35.5. The van der Waals surface area contributed by atoms with Crippen LogP contribution in [-0.4, -0.2) is 72.5 Å². The number of fused-ring (bicyclic) bond motifs is 1. The molecule has 4 rings (SSSR count). The van der Waals surface area contributed by atoms with Gasteiger partial charge in [0, 0.05) is 62.1 Å². The van der Waals surface area contributed by atoms with Crippen molar-refractivity contribution in [3.63, 3.8) is 0 Å². The van der Waals surface area contributed by atoms with E-state index in [1.54, 1.807) is 23.0 Å². The average Bonchev–Trinajstić information content (AvgIpc) is 2.89. The number of likely N-dealkylation sites (N-methyl/N-ethyl adjacent to an activating group) is 1. The van der Waals surface area contributed by atoms with Crippen LogP contribution >= 0.6 is 11.6 Å². The van der Waals surface area contributed by atoms with Crippen LogP contribution in [0.4, 0.5) is 10.5 Å². The molecule has 3 heterocycles. The Bertz CT molecular complexity index is 913. The van der Waals surface area contributed by atoms with Crippen LogP contribution in [0.5, 0.6) is 0 Å². The summed E-state index contributed by atoms with van der Waals surface area (Å²) in [5.41, 5.74) is 1.97. The van der Waals surface area contributed by atoms with E-state index in [0.29, 0.717) is 24.5 Å². The molecule has 2 aliphatic rings. The number of halogens is 1. The van der Waals surface area contributed by atoms with Crippen LogP contribution < -0.4 is 10.2 Å². The molecular formula is C21H26ClN5O2. The predicted molar refractivity (Wildman–Crippen MR) is 114 cm³/mol. The lowest BCUT2D eigenvalue weighted by atomic mass is 10.1. The van der Waals surface area contributed by atoms with Crippen LogP contribution in [0, 0.1) is 0 Å². The summed E-state index contributed by atoms with van der Waals surface area (Å²) in [5, 5.41) is 4.68. The van der Waals surface area contributed by atoms with Gasteiger partial charge in [-0.1, -0.05) is 11.6 Å². The van der Waals surface area contributed by atoms with Crippen LogP contribution in [0.2, 0.25) is 5.02 Å². The van der Waals surface area contributed by atoms with Crippen LogP contribution in [0.15, 0.2) is 30.5 Å². The van der Waals surface area contributed by atoms with Crippen molar-refractivity contribution >= 4 is 40.1 Å². The van der Waals surface area contributed by atoms with Gasteiger partial charge >= 0.3 is 6.03 Å². The molecule has 29 heavy (non-hydrogen) atoms. The Morgan fingerprint density at radius 2 is 1.93 bits per heavy atom. The minimum atomic E-state index is -0.415. The van der Waals surface area contributed by atoms with E-state index in [4.69, 9.17) is 11.6 Å². The molecule has 1 aromatic carbocycles. The Kier molecular flexibility index (Phi) is 5.76. The summed E-state index contributed by atoms with van der Waals surface area (Å²) >= 11 is 6.09. The molecule has 154 valence electrons. The summed E-state index contributed by atoms with van der Waals surface area (Å²) in [5.74, 6) is 0.0106. The van der Waals surface area contributed by atoms with E-state index < -0.39 is 6.04 Å². The molecule has 0 bridgehead atoms. The number of carbonyl (C=O) groups excluding carboxylic acids is 2. The SMILES string of the molecule is CN1CCCC[C@H](NC(=O)N2CCN(c3ccnc4cc(Cl)ccc34)CC2)C1=O. The fourth-order valence-electron chi connectivity index (χ4n) is 4.10. The summed E-state index contributed by atoms with van der Waals surface area (Å²) in [4.78, 5) is 35.3. The van der Waals surface area contributed by atoms with E-state index in [0.717, 1.165) is 49.1 Å². The van der Waals surface area contributed by atoms with Crippen molar-refractivity contribution in [3.8, 4) is 0 Å². The number of hydrogen-bond donors (Lipinski definition) is 1. The minimum absolute atomic E-state index is 0.0106. The fourth-order valence-corrected chi connectivity index (χ4v) is 4.27. The standard InChI is InChI=1S/C21H26ClN5O2/c1-25-9-3-2-4-17(20(25)28)24-21(29)27-12-10-26(11-13-27)19-7-8-23-18-14-15(22)5-6-16(18)19/h5-8,14,17H,2-4,9-13H2,1H3,(H,24,29)/t17-/m0/s1. The number of hydrogen-bond acceptors (Lipinski definition) is 4. The fraction of sp³-hybridized carbons (Fsp3) is 0.476. The number of amides is 3. The van der Waals surface area contributed by atoms with Gasteiger partial charge < -0.3 is 20.0 Å². The zero-order valence-corrected chi connectivity index (χ0v) is 17.4. The maximum Gasteiger partial charge on any atom is 0.318 e. The van der Waals surface area contributed by atoms with Gasteiger partial charge in [-0.25, -0.2) is 4.79 Å². The first kappa shape index (κ1) is 19.8. The predicted octanol–water partition coefficient (Wildman–Crippen LogP) is 2.73. The maximum absolute atomic E-state index is 12.7. The van der Waals surface area contributed by atoms with Crippen molar-refractivity contribution in [2.75, 3.05) is 44.7 Å². The number of aromatic nitrogens is 1. The monoisotopic (exact) mass is 415 g/mol. The van der Waals surface area contributed by atoms with Gasteiger partial charge in [0.2, 0.25) is 5.91 Å². The summed E-state index contributed by atoms with van der Waals surface area (Å²) in [6.45, 7) is 3.44. The second-order valence-electron chi connectivity index (χ2n) is 7.72. The number of pyridine rings is 1. The smallest absolute Gasteiger partial charge is 0.318 e. The normalized spacial score (nSPS) is 20.7. The van der Waals surface area contributed by atoms with Gasteiger partial charge in [-0.05, 0) is 43.5 Å². The first-order chi connectivity index (χ1) is 14.0. The number of piperazine rings is 1. The number of anilines is 1. The first-order valence-corrected chi connectivity index (χ1v) is 10.5. The molecule has 1 aromatic heterocycles. The molecule has 3 amide bonds. The number of urea groups is 1. The molecule has 1 N–H and O–H groups in total. The zero-order valence-electron chi connectivity index (χ0n) is 16.6.